The molecular weight excluding hydrogens is 468 g/mol. The lowest BCUT2D eigenvalue weighted by molar-refractivity contribution is -0.117. The molecule has 1 aliphatic rings. The van der Waals surface area contributed by atoms with Crippen molar-refractivity contribution in [1.82, 2.24) is 4.90 Å². The number of hydrogen-bond acceptors (Lipinski definition) is 5. The van der Waals surface area contributed by atoms with E-state index in [1.54, 1.807) is 41.3 Å². The Morgan fingerprint density at radius 2 is 1.71 bits per heavy atom. The van der Waals surface area contributed by atoms with Gasteiger partial charge in [0.1, 0.15) is 0 Å². The summed E-state index contributed by atoms with van der Waals surface area (Å²) in [5.41, 5.74) is 3.65. The van der Waals surface area contributed by atoms with E-state index in [4.69, 9.17) is 25.8 Å². The maximum atomic E-state index is 13.4. The molecule has 7 nitrogen and oxygen atoms in total. The molecule has 0 aliphatic carbocycles. The average Bonchev–Trinajstić information content (AvgIpc) is 3.20. The standard InChI is InChI=1S/C27H27ClN2O5/c1-16-20(28)10-7-11-21(16)29-25(31)14-22(30-15-17-8-5-6-9-19(17)27(30)32)18-12-23(33-2)26(35-4)24(13-18)34-3/h5-13,22H,14-15H2,1-4H3,(H,29,31)/t22-/m0/s1. The van der Waals surface area contributed by atoms with E-state index < -0.39 is 6.04 Å². The van der Waals surface area contributed by atoms with Crippen LogP contribution in [-0.2, 0) is 11.3 Å². The van der Waals surface area contributed by atoms with Crippen molar-refractivity contribution < 1.29 is 23.8 Å². The van der Waals surface area contributed by atoms with Gasteiger partial charge in [0.05, 0.1) is 33.8 Å². The number of carbonyl (C=O) groups is 2. The van der Waals surface area contributed by atoms with Gasteiger partial charge in [-0.1, -0.05) is 35.9 Å². The summed E-state index contributed by atoms with van der Waals surface area (Å²) in [7, 11) is 4.59. The van der Waals surface area contributed by atoms with Gasteiger partial charge in [-0.25, -0.2) is 0 Å². The number of amides is 2. The van der Waals surface area contributed by atoms with Crippen molar-refractivity contribution in [3.63, 3.8) is 0 Å². The van der Waals surface area contributed by atoms with Crippen LogP contribution in [0.15, 0.2) is 54.6 Å². The highest BCUT2D eigenvalue weighted by Gasteiger charge is 2.35. The average molecular weight is 495 g/mol. The fourth-order valence-corrected chi connectivity index (χ4v) is 4.52. The van der Waals surface area contributed by atoms with Crippen molar-refractivity contribution in [3.8, 4) is 17.2 Å². The highest BCUT2D eigenvalue weighted by Crippen LogP contribution is 2.43. The zero-order valence-electron chi connectivity index (χ0n) is 20.1. The van der Waals surface area contributed by atoms with Gasteiger partial charge in [0.15, 0.2) is 11.5 Å². The zero-order chi connectivity index (χ0) is 25.1. The van der Waals surface area contributed by atoms with E-state index >= 15 is 0 Å². The van der Waals surface area contributed by atoms with Crippen LogP contribution < -0.4 is 19.5 Å². The molecule has 182 valence electrons. The van der Waals surface area contributed by atoms with Gasteiger partial charge in [0.2, 0.25) is 11.7 Å². The number of fused-ring (bicyclic) bond motifs is 1. The number of hydrogen-bond donors (Lipinski definition) is 1. The normalized spacial score (nSPS) is 13.3. The maximum absolute atomic E-state index is 13.4. The number of methoxy groups -OCH3 is 3. The van der Waals surface area contributed by atoms with Crippen LogP contribution in [0.2, 0.25) is 5.02 Å². The summed E-state index contributed by atoms with van der Waals surface area (Å²) >= 11 is 6.22. The van der Waals surface area contributed by atoms with Crippen molar-refractivity contribution in [2.24, 2.45) is 0 Å². The van der Waals surface area contributed by atoms with Crippen molar-refractivity contribution in [2.75, 3.05) is 26.6 Å². The molecule has 4 rings (SSSR count). The third kappa shape index (κ3) is 4.77. The van der Waals surface area contributed by atoms with Crippen LogP contribution in [0.3, 0.4) is 0 Å². The number of benzene rings is 3. The van der Waals surface area contributed by atoms with Crippen LogP contribution in [0.5, 0.6) is 17.2 Å². The summed E-state index contributed by atoms with van der Waals surface area (Å²) in [6, 6.07) is 15.8. The first kappa shape index (κ1) is 24.4. The highest BCUT2D eigenvalue weighted by molar-refractivity contribution is 6.31. The first-order valence-corrected chi connectivity index (χ1v) is 11.5. The fraction of sp³-hybridized carbons (Fsp3) is 0.259. The number of halogens is 1. The summed E-state index contributed by atoms with van der Waals surface area (Å²) in [6.07, 6.45) is 0.0182. The topological polar surface area (TPSA) is 77.1 Å². The van der Waals surface area contributed by atoms with Gasteiger partial charge in [-0.3, -0.25) is 9.59 Å². The Bertz CT molecular complexity index is 1250. The van der Waals surface area contributed by atoms with Crippen molar-refractivity contribution in [3.05, 3.63) is 81.9 Å². The summed E-state index contributed by atoms with van der Waals surface area (Å²) in [6.45, 7) is 2.23. The molecule has 35 heavy (non-hydrogen) atoms. The Labute approximate surface area is 209 Å². The second kappa shape index (κ2) is 10.3. The van der Waals surface area contributed by atoms with Crippen LogP contribution in [0, 0.1) is 6.92 Å². The quantitative estimate of drug-likeness (QED) is 0.453. The zero-order valence-corrected chi connectivity index (χ0v) is 20.8. The van der Waals surface area contributed by atoms with E-state index in [9.17, 15) is 9.59 Å². The summed E-state index contributed by atoms with van der Waals surface area (Å²) in [5.74, 6) is 0.945. The molecule has 0 bridgehead atoms. The van der Waals surface area contributed by atoms with Crippen LogP contribution in [0.1, 0.15) is 39.5 Å². The minimum absolute atomic E-state index is 0.0182. The number of ether oxygens (including phenoxy) is 3. The fourth-order valence-electron chi connectivity index (χ4n) is 4.35. The van der Waals surface area contributed by atoms with E-state index in [0.717, 1.165) is 11.1 Å². The van der Waals surface area contributed by atoms with E-state index in [2.05, 4.69) is 5.32 Å². The third-order valence-electron chi connectivity index (χ3n) is 6.22. The summed E-state index contributed by atoms with van der Waals surface area (Å²) in [4.78, 5) is 28.3. The van der Waals surface area contributed by atoms with Gasteiger partial charge in [0, 0.05) is 22.8 Å². The minimum atomic E-state index is -0.580. The molecular formula is C27H27ClN2O5. The lowest BCUT2D eigenvalue weighted by Gasteiger charge is -2.29. The molecule has 1 atom stereocenters. The van der Waals surface area contributed by atoms with Gasteiger partial charge in [-0.05, 0) is 53.9 Å². The van der Waals surface area contributed by atoms with Crippen molar-refractivity contribution in [1.29, 1.82) is 0 Å². The van der Waals surface area contributed by atoms with E-state index in [-0.39, 0.29) is 18.2 Å². The SMILES string of the molecule is COc1cc([C@H](CC(=O)Nc2cccc(Cl)c2C)N2Cc3ccccc3C2=O)cc(OC)c1OC. The van der Waals surface area contributed by atoms with Crippen molar-refractivity contribution >= 4 is 29.1 Å². The molecule has 0 saturated carbocycles. The summed E-state index contributed by atoms with van der Waals surface area (Å²) < 4.78 is 16.5. The Hall–Kier alpha value is -3.71. The molecule has 1 aliphatic heterocycles. The molecule has 0 unspecified atom stereocenters. The molecule has 0 radical (unpaired) electrons. The molecule has 1 heterocycles. The number of carbonyl (C=O) groups excluding carboxylic acids is 2. The number of anilines is 1. The molecule has 0 saturated heterocycles. The largest absolute Gasteiger partial charge is 0.493 e. The monoisotopic (exact) mass is 494 g/mol. The predicted octanol–water partition coefficient (Wildman–Crippen LogP) is 5.40. The Morgan fingerprint density at radius 1 is 1.03 bits per heavy atom. The molecule has 0 fully saturated rings. The van der Waals surface area contributed by atoms with Gasteiger partial charge in [-0.15, -0.1) is 0 Å². The van der Waals surface area contributed by atoms with Crippen LogP contribution in [0.25, 0.3) is 0 Å². The smallest absolute Gasteiger partial charge is 0.255 e. The number of nitrogens with one attached hydrogen (secondary N) is 1. The van der Waals surface area contributed by atoms with Gasteiger partial charge >= 0.3 is 0 Å². The Balaban J connectivity index is 1.73. The lowest BCUT2D eigenvalue weighted by atomic mass is 10.00. The summed E-state index contributed by atoms with van der Waals surface area (Å²) in [5, 5.41) is 3.51. The predicted molar refractivity (Wildman–Crippen MR) is 135 cm³/mol. The highest BCUT2D eigenvalue weighted by atomic mass is 35.5. The second-order valence-electron chi connectivity index (χ2n) is 8.23. The van der Waals surface area contributed by atoms with Crippen LogP contribution in [0.4, 0.5) is 5.69 Å². The molecule has 0 aromatic heterocycles. The van der Waals surface area contributed by atoms with Crippen molar-refractivity contribution in [2.45, 2.75) is 25.9 Å². The second-order valence-corrected chi connectivity index (χ2v) is 8.64. The maximum Gasteiger partial charge on any atom is 0.255 e. The molecule has 0 spiro atoms. The Kier molecular flexibility index (Phi) is 7.17. The number of nitrogens with zero attached hydrogens (tertiary/aromatic N) is 1. The molecule has 2 amide bonds. The van der Waals surface area contributed by atoms with Crippen LogP contribution in [-0.4, -0.2) is 38.0 Å². The third-order valence-corrected chi connectivity index (χ3v) is 6.63. The van der Waals surface area contributed by atoms with E-state index in [1.165, 1.54) is 21.3 Å². The molecule has 3 aromatic carbocycles. The minimum Gasteiger partial charge on any atom is -0.493 e. The first-order chi connectivity index (χ1) is 16.9. The molecule has 1 N–H and O–H groups in total. The molecule has 8 heteroatoms. The first-order valence-electron chi connectivity index (χ1n) is 11.1. The molecule has 3 aromatic rings. The van der Waals surface area contributed by atoms with E-state index in [0.29, 0.717) is 45.6 Å². The lowest BCUT2D eigenvalue weighted by Crippen LogP contribution is -2.32. The van der Waals surface area contributed by atoms with Gasteiger partial charge < -0.3 is 24.4 Å². The van der Waals surface area contributed by atoms with E-state index in [1.807, 2.05) is 25.1 Å². The Morgan fingerprint density at radius 3 is 2.34 bits per heavy atom. The van der Waals surface area contributed by atoms with Gasteiger partial charge in [-0.2, -0.15) is 0 Å². The number of rotatable bonds is 8. The van der Waals surface area contributed by atoms with Crippen LogP contribution >= 0.6 is 11.6 Å². The van der Waals surface area contributed by atoms with Gasteiger partial charge in [0.25, 0.3) is 5.91 Å².